The predicted octanol–water partition coefficient (Wildman–Crippen LogP) is 3.38. The molecular formula is C8H5BrClNO. The van der Waals surface area contributed by atoms with Gasteiger partial charge in [-0.15, -0.1) is 0 Å². The minimum atomic E-state index is 0.604. The minimum absolute atomic E-state index is 0.604. The van der Waals surface area contributed by atoms with Crippen molar-refractivity contribution < 1.29 is 4.52 Å². The summed E-state index contributed by atoms with van der Waals surface area (Å²) < 4.78 is 5.06. The highest BCUT2D eigenvalue weighted by atomic mass is 79.9. The van der Waals surface area contributed by atoms with E-state index in [1.165, 1.54) is 0 Å². The molecule has 0 aliphatic heterocycles. The molecule has 2 rings (SSSR count). The predicted molar refractivity (Wildman–Crippen MR) is 51.7 cm³/mol. The number of alkyl halides is 1. The molecule has 12 heavy (non-hydrogen) atoms. The van der Waals surface area contributed by atoms with E-state index in [2.05, 4.69) is 21.1 Å². The molecule has 1 aromatic heterocycles. The zero-order valence-electron chi connectivity index (χ0n) is 6.05. The smallest absolute Gasteiger partial charge is 0.185 e. The second-order valence-electron chi connectivity index (χ2n) is 2.38. The highest BCUT2D eigenvalue weighted by Gasteiger charge is 2.08. The Labute approximate surface area is 82.6 Å². The lowest BCUT2D eigenvalue weighted by Crippen LogP contribution is -1.75. The minimum Gasteiger partial charge on any atom is -0.354 e. The van der Waals surface area contributed by atoms with Gasteiger partial charge in [-0.05, 0) is 12.1 Å². The van der Waals surface area contributed by atoms with Gasteiger partial charge < -0.3 is 4.52 Å². The molecule has 2 nitrogen and oxygen atoms in total. The Hall–Kier alpha value is -0.540. The standard InChI is InChI=1S/C8H5BrClNO/c9-4-7-5-2-1-3-6(10)8(5)12-11-7/h1-3H,4H2. The van der Waals surface area contributed by atoms with Gasteiger partial charge >= 0.3 is 0 Å². The largest absolute Gasteiger partial charge is 0.354 e. The summed E-state index contributed by atoms with van der Waals surface area (Å²) in [6.45, 7) is 0. The van der Waals surface area contributed by atoms with Gasteiger partial charge in [0.2, 0.25) is 0 Å². The van der Waals surface area contributed by atoms with Gasteiger partial charge in [0.15, 0.2) is 5.58 Å². The van der Waals surface area contributed by atoms with Crippen LogP contribution in [-0.2, 0) is 5.33 Å². The van der Waals surface area contributed by atoms with E-state index in [1.807, 2.05) is 12.1 Å². The number of benzene rings is 1. The monoisotopic (exact) mass is 245 g/mol. The van der Waals surface area contributed by atoms with Crippen molar-refractivity contribution in [1.82, 2.24) is 5.16 Å². The Morgan fingerprint density at radius 3 is 3.08 bits per heavy atom. The average molecular weight is 246 g/mol. The first-order valence-electron chi connectivity index (χ1n) is 3.41. The van der Waals surface area contributed by atoms with Crippen LogP contribution in [0.25, 0.3) is 11.0 Å². The highest BCUT2D eigenvalue weighted by Crippen LogP contribution is 2.26. The van der Waals surface area contributed by atoms with Crippen molar-refractivity contribution >= 4 is 38.5 Å². The van der Waals surface area contributed by atoms with Crippen molar-refractivity contribution in [2.75, 3.05) is 0 Å². The van der Waals surface area contributed by atoms with Gasteiger partial charge in [0, 0.05) is 10.7 Å². The second kappa shape index (κ2) is 3.07. The van der Waals surface area contributed by atoms with Crippen LogP contribution >= 0.6 is 27.5 Å². The van der Waals surface area contributed by atoms with Gasteiger partial charge in [-0.1, -0.05) is 38.8 Å². The molecule has 0 unspecified atom stereocenters. The van der Waals surface area contributed by atoms with Crippen LogP contribution in [0.1, 0.15) is 5.69 Å². The molecule has 0 radical (unpaired) electrons. The number of halogens is 2. The third-order valence-electron chi connectivity index (χ3n) is 1.65. The Kier molecular flexibility index (Phi) is 2.07. The molecule has 0 fully saturated rings. The zero-order valence-corrected chi connectivity index (χ0v) is 8.39. The summed E-state index contributed by atoms with van der Waals surface area (Å²) in [5.41, 5.74) is 1.54. The van der Waals surface area contributed by atoms with Crippen LogP contribution in [-0.4, -0.2) is 5.16 Å². The summed E-state index contributed by atoms with van der Waals surface area (Å²) in [4.78, 5) is 0. The fourth-order valence-corrected chi connectivity index (χ4v) is 1.69. The quantitative estimate of drug-likeness (QED) is 0.721. The number of para-hydroxylation sites is 1. The van der Waals surface area contributed by atoms with E-state index in [0.29, 0.717) is 15.9 Å². The molecule has 0 bridgehead atoms. The van der Waals surface area contributed by atoms with E-state index >= 15 is 0 Å². The number of rotatable bonds is 1. The van der Waals surface area contributed by atoms with Crippen LogP contribution in [0.2, 0.25) is 5.02 Å². The number of fused-ring (bicyclic) bond motifs is 1. The molecule has 0 saturated carbocycles. The molecule has 0 atom stereocenters. The molecular weight excluding hydrogens is 241 g/mol. The first kappa shape index (κ1) is 8.08. The zero-order chi connectivity index (χ0) is 8.55. The SMILES string of the molecule is Clc1cccc2c(CBr)noc12. The summed E-state index contributed by atoms with van der Waals surface area (Å²) in [5, 5.41) is 6.12. The fraction of sp³-hybridized carbons (Fsp3) is 0.125. The number of hydrogen-bond donors (Lipinski definition) is 0. The number of aromatic nitrogens is 1. The normalized spacial score (nSPS) is 10.8. The van der Waals surface area contributed by atoms with E-state index < -0.39 is 0 Å². The van der Waals surface area contributed by atoms with E-state index in [-0.39, 0.29) is 0 Å². The van der Waals surface area contributed by atoms with E-state index in [4.69, 9.17) is 16.1 Å². The molecule has 0 saturated heterocycles. The summed E-state index contributed by atoms with van der Waals surface area (Å²) in [5.74, 6) is 0. The maximum atomic E-state index is 5.88. The van der Waals surface area contributed by atoms with E-state index in [1.54, 1.807) is 6.07 Å². The molecule has 0 amide bonds. The molecule has 0 aliphatic carbocycles. The van der Waals surface area contributed by atoms with Crippen LogP contribution in [0.5, 0.6) is 0 Å². The van der Waals surface area contributed by atoms with Crippen LogP contribution in [0.3, 0.4) is 0 Å². The van der Waals surface area contributed by atoms with Crippen LogP contribution in [0, 0.1) is 0 Å². The summed E-state index contributed by atoms with van der Waals surface area (Å²) in [6, 6.07) is 5.61. The third kappa shape index (κ3) is 1.13. The van der Waals surface area contributed by atoms with Crippen molar-refractivity contribution in [3.8, 4) is 0 Å². The Morgan fingerprint density at radius 2 is 2.33 bits per heavy atom. The van der Waals surface area contributed by atoms with Crippen LogP contribution in [0.15, 0.2) is 22.7 Å². The van der Waals surface area contributed by atoms with E-state index in [9.17, 15) is 0 Å². The Balaban J connectivity index is 2.80. The number of nitrogens with zero attached hydrogens (tertiary/aromatic N) is 1. The molecule has 0 spiro atoms. The lowest BCUT2D eigenvalue weighted by atomic mass is 10.2. The highest BCUT2D eigenvalue weighted by molar-refractivity contribution is 9.08. The van der Waals surface area contributed by atoms with Crippen molar-refractivity contribution in [3.05, 3.63) is 28.9 Å². The molecule has 1 aromatic carbocycles. The van der Waals surface area contributed by atoms with Gasteiger partial charge in [0.25, 0.3) is 0 Å². The molecule has 0 N–H and O–H groups in total. The molecule has 2 aromatic rings. The first-order valence-corrected chi connectivity index (χ1v) is 4.91. The second-order valence-corrected chi connectivity index (χ2v) is 3.35. The topological polar surface area (TPSA) is 26.0 Å². The first-order chi connectivity index (χ1) is 5.83. The maximum Gasteiger partial charge on any atom is 0.185 e. The van der Waals surface area contributed by atoms with Gasteiger partial charge in [0.1, 0.15) is 5.69 Å². The van der Waals surface area contributed by atoms with Gasteiger partial charge in [0.05, 0.1) is 5.02 Å². The molecule has 62 valence electrons. The fourth-order valence-electron chi connectivity index (χ4n) is 1.08. The van der Waals surface area contributed by atoms with Crippen molar-refractivity contribution in [2.45, 2.75) is 5.33 Å². The van der Waals surface area contributed by atoms with Gasteiger partial charge in [-0.25, -0.2) is 0 Å². The Morgan fingerprint density at radius 1 is 1.50 bits per heavy atom. The summed E-state index contributed by atoms with van der Waals surface area (Å²) >= 11 is 9.20. The number of hydrogen-bond acceptors (Lipinski definition) is 2. The lowest BCUT2D eigenvalue weighted by Gasteiger charge is -1.89. The summed E-state index contributed by atoms with van der Waals surface area (Å²) in [6.07, 6.45) is 0. The Bertz CT molecular complexity index is 412. The van der Waals surface area contributed by atoms with Crippen LogP contribution in [0.4, 0.5) is 0 Å². The molecule has 0 aliphatic rings. The lowest BCUT2D eigenvalue weighted by molar-refractivity contribution is 0.450. The van der Waals surface area contributed by atoms with Crippen molar-refractivity contribution in [3.63, 3.8) is 0 Å². The summed E-state index contributed by atoms with van der Waals surface area (Å²) in [7, 11) is 0. The van der Waals surface area contributed by atoms with Crippen molar-refractivity contribution in [1.29, 1.82) is 0 Å². The maximum absolute atomic E-state index is 5.88. The molecule has 4 heteroatoms. The van der Waals surface area contributed by atoms with Gasteiger partial charge in [-0.2, -0.15) is 0 Å². The van der Waals surface area contributed by atoms with E-state index in [0.717, 1.165) is 11.1 Å². The average Bonchev–Trinajstić information content (AvgIpc) is 2.49. The van der Waals surface area contributed by atoms with Gasteiger partial charge in [-0.3, -0.25) is 0 Å². The third-order valence-corrected chi connectivity index (χ3v) is 2.48. The van der Waals surface area contributed by atoms with Crippen LogP contribution < -0.4 is 0 Å². The molecule has 1 heterocycles. The van der Waals surface area contributed by atoms with Crippen molar-refractivity contribution in [2.24, 2.45) is 0 Å².